The summed E-state index contributed by atoms with van der Waals surface area (Å²) in [7, 11) is 0. The molecule has 1 aromatic carbocycles. The average molecular weight is 342 g/mol. The highest BCUT2D eigenvalue weighted by Crippen LogP contribution is 2.53. The van der Waals surface area contributed by atoms with Crippen LogP contribution in [0.25, 0.3) is 0 Å². The Kier molecular flexibility index (Phi) is 5.33. The van der Waals surface area contributed by atoms with E-state index in [1.54, 1.807) is 0 Å². The number of hydrogen-bond donors (Lipinski definition) is 0. The van der Waals surface area contributed by atoms with Crippen molar-refractivity contribution in [2.24, 2.45) is 23.2 Å². The predicted octanol–water partition coefficient (Wildman–Crippen LogP) is 4.42. The van der Waals surface area contributed by atoms with Gasteiger partial charge in [0.05, 0.1) is 19.3 Å². The summed E-state index contributed by atoms with van der Waals surface area (Å²) < 4.78 is 11.8. The average Bonchev–Trinajstić information content (AvgIpc) is 2.58. The fraction of sp³-hybridized carbons (Fsp3) is 0.591. The number of aryl methyl sites for hydroxylation is 1. The second-order valence-electron chi connectivity index (χ2n) is 7.90. The molecule has 0 radical (unpaired) electrons. The molecule has 1 fully saturated rings. The summed E-state index contributed by atoms with van der Waals surface area (Å²) in [6, 6.07) is 10.6. The topological polar surface area (TPSA) is 35.5 Å². The van der Waals surface area contributed by atoms with Gasteiger partial charge in [-0.3, -0.25) is 4.79 Å². The van der Waals surface area contributed by atoms with Gasteiger partial charge in [0.2, 0.25) is 0 Å². The molecule has 1 aliphatic carbocycles. The monoisotopic (exact) mass is 342 g/mol. The van der Waals surface area contributed by atoms with Crippen molar-refractivity contribution < 1.29 is 14.3 Å². The van der Waals surface area contributed by atoms with Crippen molar-refractivity contribution in [1.82, 2.24) is 0 Å². The lowest BCUT2D eigenvalue weighted by atomic mass is 9.56. The number of carbonyl (C=O) groups excluding carboxylic acids is 1. The molecule has 1 heterocycles. The summed E-state index contributed by atoms with van der Waals surface area (Å²) in [6.07, 6.45) is 4.69. The van der Waals surface area contributed by atoms with E-state index < -0.39 is 0 Å². The van der Waals surface area contributed by atoms with Gasteiger partial charge in [-0.1, -0.05) is 55.8 Å². The van der Waals surface area contributed by atoms with Crippen LogP contribution in [0.2, 0.25) is 0 Å². The number of hydrogen-bond acceptors (Lipinski definition) is 3. The van der Waals surface area contributed by atoms with Gasteiger partial charge < -0.3 is 9.47 Å². The smallest absolute Gasteiger partial charge is 0.302 e. The minimum absolute atomic E-state index is 0.0981. The molecule has 0 aromatic heterocycles. The maximum atomic E-state index is 11.4. The number of fused-ring (bicyclic) bond motifs is 2. The van der Waals surface area contributed by atoms with Gasteiger partial charge in [0, 0.05) is 18.3 Å². The summed E-state index contributed by atoms with van der Waals surface area (Å²) in [5.74, 6) is 1.00. The Hall–Kier alpha value is -1.61. The molecule has 0 amide bonds. The lowest BCUT2D eigenvalue weighted by Crippen LogP contribution is -2.56. The second-order valence-corrected chi connectivity index (χ2v) is 7.90. The predicted molar refractivity (Wildman–Crippen MR) is 99.1 cm³/mol. The lowest BCUT2D eigenvalue weighted by Gasteiger charge is -2.55. The third-order valence-corrected chi connectivity index (χ3v) is 6.46. The fourth-order valence-electron chi connectivity index (χ4n) is 4.84. The van der Waals surface area contributed by atoms with E-state index >= 15 is 0 Å². The van der Waals surface area contributed by atoms with Gasteiger partial charge in [-0.25, -0.2) is 0 Å². The van der Waals surface area contributed by atoms with Crippen LogP contribution in [-0.4, -0.2) is 25.3 Å². The van der Waals surface area contributed by atoms with Crippen LogP contribution in [0.1, 0.15) is 39.7 Å². The van der Waals surface area contributed by atoms with Crippen molar-refractivity contribution in [1.29, 1.82) is 0 Å². The largest absolute Gasteiger partial charge is 0.465 e. The van der Waals surface area contributed by atoms with Crippen LogP contribution in [0, 0.1) is 23.2 Å². The Bertz CT molecular complexity index is 636. The van der Waals surface area contributed by atoms with E-state index in [1.165, 1.54) is 18.1 Å². The second kappa shape index (κ2) is 7.33. The van der Waals surface area contributed by atoms with Crippen molar-refractivity contribution in [2.75, 3.05) is 13.2 Å². The zero-order valence-corrected chi connectivity index (χ0v) is 15.8. The van der Waals surface area contributed by atoms with Crippen LogP contribution in [0.15, 0.2) is 42.0 Å². The van der Waals surface area contributed by atoms with Gasteiger partial charge >= 0.3 is 5.97 Å². The first kappa shape index (κ1) is 18.2. The molecule has 1 aliphatic heterocycles. The Balaban J connectivity index is 1.76. The van der Waals surface area contributed by atoms with Crippen LogP contribution in [-0.2, 0) is 20.7 Å². The van der Waals surface area contributed by atoms with Gasteiger partial charge in [0.15, 0.2) is 0 Å². The molecule has 1 saturated heterocycles. The number of ether oxygens (including phenoxy) is 2. The number of benzene rings is 1. The molecule has 0 N–H and O–H groups in total. The summed E-state index contributed by atoms with van der Waals surface area (Å²) >= 11 is 0. The number of carbonyl (C=O) groups is 1. The van der Waals surface area contributed by atoms with E-state index in [0.29, 0.717) is 31.0 Å². The summed E-state index contributed by atoms with van der Waals surface area (Å²) in [4.78, 5) is 11.4. The summed E-state index contributed by atoms with van der Waals surface area (Å²) in [5, 5.41) is 0. The van der Waals surface area contributed by atoms with Crippen molar-refractivity contribution in [3.05, 3.63) is 47.5 Å². The summed E-state index contributed by atoms with van der Waals surface area (Å²) in [6.45, 7) is 9.39. The maximum absolute atomic E-state index is 11.4. The minimum atomic E-state index is -0.206. The highest BCUT2D eigenvalue weighted by molar-refractivity contribution is 5.65. The van der Waals surface area contributed by atoms with Crippen molar-refractivity contribution in [3.63, 3.8) is 0 Å². The Morgan fingerprint density at radius 1 is 1.28 bits per heavy atom. The van der Waals surface area contributed by atoms with Gasteiger partial charge in [-0.2, -0.15) is 0 Å². The third kappa shape index (κ3) is 3.52. The Morgan fingerprint density at radius 2 is 2.00 bits per heavy atom. The van der Waals surface area contributed by atoms with Crippen molar-refractivity contribution in [2.45, 2.75) is 46.6 Å². The van der Waals surface area contributed by atoms with E-state index in [4.69, 9.17) is 9.47 Å². The zero-order valence-electron chi connectivity index (χ0n) is 15.8. The van der Waals surface area contributed by atoms with Crippen LogP contribution in [0.4, 0.5) is 0 Å². The molecular weight excluding hydrogens is 312 g/mol. The van der Waals surface area contributed by atoms with E-state index in [0.717, 1.165) is 12.8 Å². The van der Waals surface area contributed by atoms with Crippen LogP contribution >= 0.6 is 0 Å². The molecule has 3 nitrogen and oxygen atoms in total. The van der Waals surface area contributed by atoms with Gasteiger partial charge in [0.25, 0.3) is 0 Å². The maximum Gasteiger partial charge on any atom is 0.302 e. The third-order valence-electron chi connectivity index (χ3n) is 6.46. The van der Waals surface area contributed by atoms with E-state index in [9.17, 15) is 4.79 Å². The highest BCUT2D eigenvalue weighted by atomic mass is 16.5. The molecule has 1 aromatic rings. The first-order valence-corrected chi connectivity index (χ1v) is 9.41. The first-order chi connectivity index (χ1) is 11.9. The molecule has 0 unspecified atom stereocenters. The van der Waals surface area contributed by atoms with Gasteiger partial charge in [-0.05, 0) is 37.2 Å². The lowest BCUT2D eigenvalue weighted by molar-refractivity contribution is -0.179. The molecule has 2 aliphatic rings. The number of rotatable bonds is 5. The SMILES string of the molecule is CC(=O)OC[C@]12CO[C@H](CCc3ccccc3)[C@H](C(C)=C[C@H]1C)[C@H]2C. The summed E-state index contributed by atoms with van der Waals surface area (Å²) in [5.41, 5.74) is 2.69. The first-order valence-electron chi connectivity index (χ1n) is 9.41. The molecule has 3 rings (SSSR count). The molecule has 5 atom stereocenters. The Labute approximate surface area is 151 Å². The van der Waals surface area contributed by atoms with E-state index in [1.807, 2.05) is 0 Å². The molecule has 3 heteroatoms. The van der Waals surface area contributed by atoms with Crippen LogP contribution in [0.5, 0.6) is 0 Å². The molecule has 0 saturated carbocycles. The number of esters is 1. The molecule has 0 spiro atoms. The zero-order chi connectivity index (χ0) is 18.0. The van der Waals surface area contributed by atoms with Crippen LogP contribution < -0.4 is 0 Å². The van der Waals surface area contributed by atoms with Gasteiger partial charge in [-0.15, -0.1) is 0 Å². The standard InChI is InChI=1S/C22H30O3/c1-15-12-16(2)22(13-24-18(4)23)14-25-20(21(15)17(22)3)11-10-19-8-6-5-7-9-19/h5-9,12,16-17,20-21H,10-11,13-14H2,1-4H3/t16-,17-,20-,21-,22+/m1/s1. The normalized spacial score (nSPS) is 34.3. The number of allylic oxidation sites excluding steroid dienone is 1. The molecule has 136 valence electrons. The van der Waals surface area contributed by atoms with E-state index in [-0.39, 0.29) is 17.5 Å². The quantitative estimate of drug-likeness (QED) is 0.587. The Morgan fingerprint density at radius 3 is 2.68 bits per heavy atom. The fourth-order valence-corrected chi connectivity index (χ4v) is 4.84. The molecule has 25 heavy (non-hydrogen) atoms. The molecular formula is C22H30O3. The van der Waals surface area contributed by atoms with Crippen molar-refractivity contribution in [3.8, 4) is 0 Å². The van der Waals surface area contributed by atoms with Crippen molar-refractivity contribution >= 4 is 5.97 Å². The van der Waals surface area contributed by atoms with Gasteiger partial charge in [0.1, 0.15) is 0 Å². The van der Waals surface area contributed by atoms with Crippen LogP contribution in [0.3, 0.4) is 0 Å². The molecule has 2 bridgehead atoms. The van der Waals surface area contributed by atoms with E-state index in [2.05, 4.69) is 57.2 Å². The highest BCUT2D eigenvalue weighted by Gasteiger charge is 2.53. The minimum Gasteiger partial charge on any atom is -0.465 e.